The van der Waals surface area contributed by atoms with Crippen molar-refractivity contribution in [1.82, 2.24) is 14.5 Å². The molecule has 98 valence electrons. The van der Waals surface area contributed by atoms with Crippen LogP contribution < -0.4 is 5.73 Å². The van der Waals surface area contributed by atoms with Gasteiger partial charge in [0.15, 0.2) is 5.16 Å². The van der Waals surface area contributed by atoms with Crippen LogP contribution in [0.4, 0.5) is 0 Å². The van der Waals surface area contributed by atoms with Crippen molar-refractivity contribution in [3.8, 4) is 0 Å². The highest BCUT2D eigenvalue weighted by Crippen LogP contribution is 2.31. The number of amidine groups is 1. The lowest BCUT2D eigenvalue weighted by Crippen LogP contribution is -2.14. The molecule has 0 atom stereocenters. The van der Waals surface area contributed by atoms with Gasteiger partial charge in [-0.25, -0.2) is 9.97 Å². The number of rotatable bonds is 3. The molecule has 0 saturated carbocycles. The van der Waals surface area contributed by atoms with Crippen molar-refractivity contribution >= 4 is 17.6 Å². The molecule has 2 heterocycles. The number of hydrogen-bond donors (Lipinski definition) is 2. The summed E-state index contributed by atoms with van der Waals surface area (Å²) in [6.07, 6.45) is 6.83. The molecule has 3 N–H and O–H groups in total. The van der Waals surface area contributed by atoms with Gasteiger partial charge in [0.05, 0.1) is 0 Å². The van der Waals surface area contributed by atoms with Gasteiger partial charge >= 0.3 is 0 Å². The fourth-order valence-corrected chi connectivity index (χ4v) is 3.19. The second-order valence-electron chi connectivity index (χ2n) is 4.64. The van der Waals surface area contributed by atoms with Crippen LogP contribution in [0.5, 0.6) is 0 Å². The Kier molecular flexibility index (Phi) is 3.02. The molecule has 19 heavy (non-hydrogen) atoms. The van der Waals surface area contributed by atoms with Gasteiger partial charge < -0.3 is 10.3 Å². The Bertz CT molecular complexity index is 646. The summed E-state index contributed by atoms with van der Waals surface area (Å²) in [5.41, 5.74) is 8.77. The summed E-state index contributed by atoms with van der Waals surface area (Å²) < 4.78 is 1.93. The van der Waals surface area contributed by atoms with E-state index in [1.807, 2.05) is 23.9 Å². The number of aromatic nitrogens is 3. The minimum absolute atomic E-state index is 0.0684. The predicted octanol–water partition coefficient (Wildman–Crippen LogP) is 1.74. The van der Waals surface area contributed by atoms with Gasteiger partial charge in [-0.15, -0.1) is 0 Å². The Morgan fingerprint density at radius 2 is 2.32 bits per heavy atom. The molecule has 5 nitrogen and oxygen atoms in total. The van der Waals surface area contributed by atoms with E-state index in [1.54, 1.807) is 6.20 Å². The van der Waals surface area contributed by atoms with E-state index in [4.69, 9.17) is 11.1 Å². The van der Waals surface area contributed by atoms with Crippen LogP contribution in [0.25, 0.3) is 0 Å². The Hall–Kier alpha value is -1.82. The zero-order valence-corrected chi connectivity index (χ0v) is 11.5. The number of hydrogen-bond acceptors (Lipinski definition) is 4. The van der Waals surface area contributed by atoms with Crippen LogP contribution in [0, 0.1) is 5.41 Å². The first-order valence-corrected chi connectivity index (χ1v) is 6.99. The maximum atomic E-state index is 7.72. The first-order chi connectivity index (χ1) is 9.15. The summed E-state index contributed by atoms with van der Waals surface area (Å²) in [5, 5.41) is 9.35. The molecule has 0 bridgehead atoms. The number of nitrogens with two attached hydrogens (primary N) is 1. The van der Waals surface area contributed by atoms with Crippen LogP contribution >= 0.6 is 11.8 Å². The molecule has 1 aliphatic carbocycles. The summed E-state index contributed by atoms with van der Waals surface area (Å²) in [5.74, 6) is 0.0684. The van der Waals surface area contributed by atoms with Gasteiger partial charge in [-0.05, 0) is 42.7 Å². The van der Waals surface area contributed by atoms with Crippen molar-refractivity contribution < 1.29 is 0 Å². The first-order valence-electron chi connectivity index (χ1n) is 6.17. The Morgan fingerprint density at radius 1 is 1.47 bits per heavy atom. The number of fused-ring (bicyclic) bond motifs is 1. The average molecular weight is 273 g/mol. The zero-order chi connectivity index (χ0) is 13.4. The van der Waals surface area contributed by atoms with Crippen molar-refractivity contribution in [2.75, 3.05) is 0 Å². The van der Waals surface area contributed by atoms with Crippen LogP contribution in [-0.4, -0.2) is 20.4 Å². The summed E-state index contributed by atoms with van der Waals surface area (Å²) in [7, 11) is 1.94. The lowest BCUT2D eigenvalue weighted by molar-refractivity contribution is 0.788. The predicted molar refractivity (Wildman–Crippen MR) is 74.6 cm³/mol. The van der Waals surface area contributed by atoms with Crippen LogP contribution in [-0.2, 0) is 19.9 Å². The van der Waals surface area contributed by atoms with Crippen LogP contribution in [0.2, 0.25) is 0 Å². The van der Waals surface area contributed by atoms with Crippen LogP contribution in [0.1, 0.15) is 23.2 Å². The Balaban J connectivity index is 2.04. The number of nitrogens with zero attached hydrogens (tertiary/aromatic N) is 3. The maximum Gasteiger partial charge on any atom is 0.174 e. The molecule has 0 radical (unpaired) electrons. The lowest BCUT2D eigenvalue weighted by atomic mass is 10.1. The minimum Gasteiger partial charge on any atom is -0.384 e. The van der Waals surface area contributed by atoms with Gasteiger partial charge in [0.1, 0.15) is 10.9 Å². The van der Waals surface area contributed by atoms with E-state index in [0.29, 0.717) is 5.56 Å². The zero-order valence-electron chi connectivity index (χ0n) is 10.7. The van der Waals surface area contributed by atoms with E-state index in [9.17, 15) is 0 Å². The molecule has 3 rings (SSSR count). The molecule has 0 amide bonds. The third kappa shape index (κ3) is 2.23. The fourth-order valence-electron chi connectivity index (χ4n) is 2.26. The van der Waals surface area contributed by atoms with Crippen molar-refractivity contribution in [3.63, 3.8) is 0 Å². The quantitative estimate of drug-likeness (QED) is 0.659. The standard InChI is InChI=1S/C13H15N5S/c1-18-6-5-16-13(18)19-12-9(11(14)15)7-8-3-2-4-10(8)17-12/h5-7H,2-4H2,1H3,(H3,14,15). The monoisotopic (exact) mass is 273 g/mol. The first kappa shape index (κ1) is 12.2. The molecule has 1 aliphatic rings. The highest BCUT2D eigenvalue weighted by Gasteiger charge is 2.19. The van der Waals surface area contributed by atoms with Crippen LogP contribution in [0.3, 0.4) is 0 Å². The number of pyridine rings is 1. The molecule has 6 heteroatoms. The lowest BCUT2D eigenvalue weighted by Gasteiger charge is -2.10. The highest BCUT2D eigenvalue weighted by atomic mass is 32.2. The van der Waals surface area contributed by atoms with Gasteiger partial charge in [0.2, 0.25) is 0 Å². The van der Waals surface area contributed by atoms with E-state index < -0.39 is 0 Å². The third-order valence-electron chi connectivity index (χ3n) is 3.27. The molecule has 0 fully saturated rings. The molecule has 0 saturated heterocycles. The summed E-state index contributed by atoms with van der Waals surface area (Å²) in [6, 6.07) is 2.02. The van der Waals surface area contributed by atoms with E-state index in [-0.39, 0.29) is 5.84 Å². The van der Waals surface area contributed by atoms with Gasteiger partial charge in [-0.3, -0.25) is 5.41 Å². The normalized spacial score (nSPS) is 13.5. The second kappa shape index (κ2) is 4.70. The van der Waals surface area contributed by atoms with E-state index >= 15 is 0 Å². The molecule has 2 aromatic heterocycles. The minimum atomic E-state index is 0.0684. The molecular weight excluding hydrogens is 258 g/mol. The number of nitrogen functional groups attached to an aromatic ring is 1. The Morgan fingerprint density at radius 3 is 3.00 bits per heavy atom. The van der Waals surface area contributed by atoms with Crippen molar-refractivity contribution in [2.24, 2.45) is 12.8 Å². The number of nitrogens with one attached hydrogen (secondary N) is 1. The third-order valence-corrected chi connectivity index (χ3v) is 4.35. The van der Waals surface area contributed by atoms with Gasteiger partial charge in [0.25, 0.3) is 0 Å². The van der Waals surface area contributed by atoms with Crippen LogP contribution in [0.15, 0.2) is 28.6 Å². The molecule has 0 spiro atoms. The van der Waals surface area contributed by atoms with Gasteiger partial charge in [-0.1, -0.05) is 0 Å². The van der Waals surface area contributed by atoms with E-state index in [2.05, 4.69) is 9.97 Å². The molecule has 0 unspecified atom stereocenters. The van der Waals surface area contributed by atoms with Gasteiger partial charge in [0, 0.05) is 30.7 Å². The fraction of sp³-hybridized carbons (Fsp3) is 0.308. The number of aryl methyl sites for hydroxylation is 3. The van der Waals surface area contributed by atoms with E-state index in [1.165, 1.54) is 17.3 Å². The number of imidazole rings is 1. The maximum absolute atomic E-state index is 7.72. The summed E-state index contributed by atoms with van der Waals surface area (Å²) in [6.45, 7) is 0. The summed E-state index contributed by atoms with van der Waals surface area (Å²) in [4.78, 5) is 8.96. The van der Waals surface area contributed by atoms with Crippen molar-refractivity contribution in [3.05, 3.63) is 35.3 Å². The van der Waals surface area contributed by atoms with Crippen molar-refractivity contribution in [2.45, 2.75) is 29.4 Å². The largest absolute Gasteiger partial charge is 0.384 e. The van der Waals surface area contributed by atoms with Gasteiger partial charge in [-0.2, -0.15) is 0 Å². The van der Waals surface area contributed by atoms with E-state index in [0.717, 1.165) is 35.1 Å². The topological polar surface area (TPSA) is 80.6 Å². The molecule has 0 aliphatic heterocycles. The molecular formula is C13H15N5S. The van der Waals surface area contributed by atoms with Crippen molar-refractivity contribution in [1.29, 1.82) is 5.41 Å². The SMILES string of the molecule is Cn1ccnc1Sc1nc2c(cc1C(=N)N)CCC2. The highest BCUT2D eigenvalue weighted by molar-refractivity contribution is 7.99. The second-order valence-corrected chi connectivity index (χ2v) is 5.59. The molecule has 2 aromatic rings. The Labute approximate surface area is 115 Å². The summed E-state index contributed by atoms with van der Waals surface area (Å²) >= 11 is 1.46. The molecule has 0 aromatic carbocycles. The average Bonchev–Trinajstić information content (AvgIpc) is 2.97. The smallest absolute Gasteiger partial charge is 0.174 e.